The van der Waals surface area contributed by atoms with Crippen molar-refractivity contribution >= 4 is 5.84 Å². The maximum absolute atomic E-state index is 13.4. The van der Waals surface area contributed by atoms with Crippen LogP contribution >= 0.6 is 0 Å². The third-order valence-electron chi connectivity index (χ3n) is 4.36. The highest BCUT2D eigenvalue weighted by molar-refractivity contribution is 6.02. The quantitative estimate of drug-likeness (QED) is 0.217. The number of benzene rings is 2. The van der Waals surface area contributed by atoms with Gasteiger partial charge in [0.1, 0.15) is 11.6 Å². The highest BCUT2D eigenvalue weighted by Gasteiger charge is 2.18. The van der Waals surface area contributed by atoms with Gasteiger partial charge in [0.15, 0.2) is 5.84 Å². The van der Waals surface area contributed by atoms with Gasteiger partial charge in [-0.15, -0.1) is 0 Å². The number of amidine groups is 1. The number of oxime groups is 1. The van der Waals surface area contributed by atoms with Crippen molar-refractivity contribution in [3.05, 3.63) is 84.4 Å². The highest BCUT2D eigenvalue weighted by atomic mass is 19.1. The first kappa shape index (κ1) is 17.4. The third-order valence-corrected chi connectivity index (χ3v) is 4.36. The van der Waals surface area contributed by atoms with Crippen LogP contribution in [0.25, 0.3) is 33.9 Å². The largest absolute Gasteiger partial charge is 0.409 e. The zero-order valence-electron chi connectivity index (χ0n) is 14.7. The van der Waals surface area contributed by atoms with Gasteiger partial charge in [-0.1, -0.05) is 29.4 Å². The van der Waals surface area contributed by atoms with Crippen molar-refractivity contribution in [1.82, 2.24) is 15.0 Å². The number of pyridine rings is 1. The zero-order chi connectivity index (χ0) is 19.5. The summed E-state index contributed by atoms with van der Waals surface area (Å²) in [5.41, 5.74) is 10.1. The molecular formula is C21H16FN5O. The Bertz CT molecular complexity index is 1140. The maximum Gasteiger partial charge on any atom is 0.170 e. The standard InChI is InChI=1S/C21H16FN5O/c22-15-7-5-13(6-8-15)18-19(14-9-11-24-12-10-14)26-21(25-18)17-4-2-1-3-16(17)20(23)27-28/h1-12,28H,(H2,23,27)(H,25,26). The minimum Gasteiger partial charge on any atom is -0.409 e. The molecule has 0 aliphatic rings. The number of nitrogens with one attached hydrogen (secondary N) is 1. The summed E-state index contributed by atoms with van der Waals surface area (Å²) in [6.45, 7) is 0. The monoisotopic (exact) mass is 373 g/mol. The lowest BCUT2D eigenvalue weighted by Gasteiger charge is -2.05. The lowest BCUT2D eigenvalue weighted by Crippen LogP contribution is -2.14. The van der Waals surface area contributed by atoms with E-state index in [0.717, 1.165) is 16.8 Å². The lowest BCUT2D eigenvalue weighted by atomic mass is 10.1. The van der Waals surface area contributed by atoms with E-state index < -0.39 is 0 Å². The minimum atomic E-state index is -0.317. The first-order valence-corrected chi connectivity index (χ1v) is 8.51. The summed E-state index contributed by atoms with van der Waals surface area (Å²) in [4.78, 5) is 12.1. The smallest absolute Gasteiger partial charge is 0.170 e. The Kier molecular flexibility index (Phi) is 4.55. The molecule has 7 heteroatoms. The van der Waals surface area contributed by atoms with Gasteiger partial charge in [0, 0.05) is 34.6 Å². The summed E-state index contributed by atoms with van der Waals surface area (Å²) in [6, 6.07) is 17.1. The van der Waals surface area contributed by atoms with Gasteiger partial charge in [-0.25, -0.2) is 9.37 Å². The molecule has 4 rings (SSSR count). The number of nitrogens with two attached hydrogens (primary N) is 1. The number of imidazole rings is 1. The van der Waals surface area contributed by atoms with Gasteiger partial charge < -0.3 is 15.9 Å². The van der Waals surface area contributed by atoms with E-state index in [1.54, 1.807) is 36.7 Å². The van der Waals surface area contributed by atoms with E-state index in [0.29, 0.717) is 22.6 Å². The molecule has 0 bridgehead atoms. The van der Waals surface area contributed by atoms with Crippen LogP contribution in [0.3, 0.4) is 0 Å². The van der Waals surface area contributed by atoms with E-state index in [1.807, 2.05) is 24.3 Å². The van der Waals surface area contributed by atoms with Crippen molar-refractivity contribution in [3.63, 3.8) is 0 Å². The SMILES string of the molecule is NC(=NO)c1ccccc1-c1nc(-c2ccc(F)cc2)c(-c2ccncc2)[nH]1. The van der Waals surface area contributed by atoms with Gasteiger partial charge >= 0.3 is 0 Å². The Hall–Kier alpha value is -4.00. The summed E-state index contributed by atoms with van der Waals surface area (Å²) < 4.78 is 13.4. The van der Waals surface area contributed by atoms with E-state index in [4.69, 9.17) is 15.9 Å². The van der Waals surface area contributed by atoms with Gasteiger partial charge in [-0.05, 0) is 36.4 Å². The van der Waals surface area contributed by atoms with Gasteiger partial charge in [0.2, 0.25) is 0 Å². The number of H-pyrrole nitrogens is 1. The predicted octanol–water partition coefficient (Wildman–Crippen LogP) is 4.04. The van der Waals surface area contributed by atoms with Crippen LogP contribution < -0.4 is 5.73 Å². The molecule has 0 amide bonds. The maximum atomic E-state index is 13.4. The summed E-state index contributed by atoms with van der Waals surface area (Å²) in [5.74, 6) is 0.219. The van der Waals surface area contributed by atoms with Crippen molar-refractivity contribution in [2.75, 3.05) is 0 Å². The molecule has 0 saturated heterocycles. The third kappa shape index (κ3) is 3.21. The van der Waals surface area contributed by atoms with E-state index in [-0.39, 0.29) is 11.7 Å². The first-order valence-electron chi connectivity index (χ1n) is 8.51. The number of hydrogen-bond donors (Lipinski definition) is 3. The summed E-state index contributed by atoms with van der Waals surface area (Å²) >= 11 is 0. The molecular weight excluding hydrogens is 357 g/mol. The number of aromatic amines is 1. The molecule has 0 aliphatic carbocycles. The Labute approximate surface area is 160 Å². The van der Waals surface area contributed by atoms with Crippen LogP contribution in [-0.4, -0.2) is 26.0 Å². The molecule has 28 heavy (non-hydrogen) atoms. The van der Waals surface area contributed by atoms with E-state index in [9.17, 15) is 4.39 Å². The van der Waals surface area contributed by atoms with Crippen molar-refractivity contribution < 1.29 is 9.60 Å². The molecule has 4 N–H and O–H groups in total. The molecule has 138 valence electrons. The average Bonchev–Trinajstić information content (AvgIpc) is 3.19. The molecule has 2 heterocycles. The molecule has 0 fully saturated rings. The molecule has 0 spiro atoms. The molecule has 4 aromatic rings. The van der Waals surface area contributed by atoms with Crippen LogP contribution in [0.1, 0.15) is 5.56 Å². The van der Waals surface area contributed by atoms with Crippen LogP contribution in [0.5, 0.6) is 0 Å². The fraction of sp³-hybridized carbons (Fsp3) is 0. The molecule has 2 aromatic heterocycles. The molecule has 0 unspecified atom stereocenters. The van der Waals surface area contributed by atoms with Gasteiger partial charge in [0.25, 0.3) is 0 Å². The molecule has 0 atom stereocenters. The fourth-order valence-corrected chi connectivity index (χ4v) is 3.01. The highest BCUT2D eigenvalue weighted by Crippen LogP contribution is 2.33. The van der Waals surface area contributed by atoms with Crippen molar-refractivity contribution in [2.24, 2.45) is 10.9 Å². The average molecular weight is 373 g/mol. The van der Waals surface area contributed by atoms with E-state index in [1.165, 1.54) is 12.1 Å². The normalized spacial score (nSPS) is 11.5. The number of aromatic nitrogens is 3. The second kappa shape index (κ2) is 7.32. The summed E-state index contributed by atoms with van der Waals surface area (Å²) in [6.07, 6.45) is 3.38. The Morgan fingerprint density at radius 2 is 1.68 bits per heavy atom. The summed E-state index contributed by atoms with van der Waals surface area (Å²) in [5, 5.41) is 12.2. The molecule has 2 aromatic carbocycles. The predicted molar refractivity (Wildman–Crippen MR) is 105 cm³/mol. The fourth-order valence-electron chi connectivity index (χ4n) is 3.01. The van der Waals surface area contributed by atoms with Gasteiger partial charge in [0.05, 0.1) is 11.4 Å². The van der Waals surface area contributed by atoms with Gasteiger partial charge in [-0.2, -0.15) is 0 Å². The number of nitrogens with zero attached hydrogens (tertiary/aromatic N) is 3. The minimum absolute atomic E-state index is 0.0132. The van der Waals surface area contributed by atoms with Crippen LogP contribution in [0.15, 0.2) is 78.2 Å². The second-order valence-corrected chi connectivity index (χ2v) is 6.08. The van der Waals surface area contributed by atoms with Crippen molar-refractivity contribution in [2.45, 2.75) is 0 Å². The topological polar surface area (TPSA) is 100 Å². The number of hydrogen-bond acceptors (Lipinski definition) is 4. The van der Waals surface area contributed by atoms with Crippen LogP contribution in [0.2, 0.25) is 0 Å². The molecule has 6 nitrogen and oxygen atoms in total. The molecule has 0 saturated carbocycles. The Balaban J connectivity index is 1.93. The van der Waals surface area contributed by atoms with E-state index >= 15 is 0 Å². The number of rotatable bonds is 4. The van der Waals surface area contributed by atoms with Gasteiger partial charge in [-0.3, -0.25) is 4.98 Å². The summed E-state index contributed by atoms with van der Waals surface area (Å²) in [7, 11) is 0. The lowest BCUT2D eigenvalue weighted by molar-refractivity contribution is 0.318. The van der Waals surface area contributed by atoms with Crippen molar-refractivity contribution in [3.8, 4) is 33.9 Å². The first-order chi connectivity index (χ1) is 13.7. The van der Waals surface area contributed by atoms with E-state index in [2.05, 4.69) is 15.1 Å². The Morgan fingerprint density at radius 3 is 2.39 bits per heavy atom. The van der Waals surface area contributed by atoms with Crippen LogP contribution in [0.4, 0.5) is 4.39 Å². The second-order valence-electron chi connectivity index (χ2n) is 6.08. The Morgan fingerprint density at radius 1 is 0.964 bits per heavy atom. The van der Waals surface area contributed by atoms with Crippen LogP contribution in [0, 0.1) is 5.82 Å². The molecule has 0 aliphatic heterocycles. The zero-order valence-corrected chi connectivity index (χ0v) is 14.7. The van der Waals surface area contributed by atoms with Crippen LogP contribution in [-0.2, 0) is 0 Å². The number of halogens is 1. The van der Waals surface area contributed by atoms with Crippen molar-refractivity contribution in [1.29, 1.82) is 0 Å². The molecule has 0 radical (unpaired) electrons.